The fraction of sp³-hybridized carbons (Fsp3) is 0.929. The average Bonchev–Trinajstić information content (AvgIpc) is 3.05. The van der Waals surface area contributed by atoms with Gasteiger partial charge in [0.1, 0.15) is 0 Å². The largest absolute Gasteiger partial charge is 0.341 e. The van der Waals surface area contributed by atoms with Gasteiger partial charge in [0, 0.05) is 13.1 Å². The molecule has 4 heteroatoms. The van der Waals surface area contributed by atoms with Crippen LogP contribution >= 0.6 is 11.8 Å². The molecule has 0 aromatic rings. The van der Waals surface area contributed by atoms with E-state index in [-0.39, 0.29) is 5.25 Å². The molecule has 2 N–H and O–H groups in total. The van der Waals surface area contributed by atoms with Gasteiger partial charge in [-0.3, -0.25) is 4.79 Å². The zero-order valence-electron chi connectivity index (χ0n) is 11.3. The summed E-state index contributed by atoms with van der Waals surface area (Å²) in [5.74, 6) is 2.34. The van der Waals surface area contributed by atoms with E-state index in [0.717, 1.165) is 38.4 Å². The lowest BCUT2D eigenvalue weighted by Gasteiger charge is -2.20. The van der Waals surface area contributed by atoms with Gasteiger partial charge in [0.15, 0.2) is 0 Å². The monoisotopic (exact) mass is 270 g/mol. The van der Waals surface area contributed by atoms with Crippen LogP contribution in [0.15, 0.2) is 0 Å². The fourth-order valence-corrected chi connectivity index (χ4v) is 4.24. The molecular weight excluding hydrogens is 244 g/mol. The van der Waals surface area contributed by atoms with E-state index in [1.165, 1.54) is 37.9 Å². The van der Waals surface area contributed by atoms with E-state index in [9.17, 15) is 4.79 Å². The molecule has 0 spiro atoms. The second-order valence-corrected chi connectivity index (χ2v) is 6.89. The van der Waals surface area contributed by atoms with Crippen molar-refractivity contribution in [2.45, 2.75) is 50.2 Å². The Morgan fingerprint density at radius 1 is 1.28 bits per heavy atom. The molecule has 2 atom stereocenters. The number of likely N-dealkylation sites (tertiary alicyclic amines) is 1. The van der Waals surface area contributed by atoms with Crippen molar-refractivity contribution in [2.75, 3.05) is 25.4 Å². The highest BCUT2D eigenvalue weighted by Crippen LogP contribution is 2.30. The minimum Gasteiger partial charge on any atom is -0.341 e. The lowest BCUT2D eigenvalue weighted by atomic mass is 10.0. The van der Waals surface area contributed by atoms with Crippen molar-refractivity contribution < 1.29 is 4.79 Å². The van der Waals surface area contributed by atoms with Gasteiger partial charge in [0.25, 0.3) is 0 Å². The molecule has 2 aliphatic rings. The molecule has 0 saturated carbocycles. The first kappa shape index (κ1) is 14.2. The van der Waals surface area contributed by atoms with Crippen LogP contribution in [0, 0.1) is 5.92 Å². The van der Waals surface area contributed by atoms with Crippen molar-refractivity contribution in [3.8, 4) is 0 Å². The van der Waals surface area contributed by atoms with Crippen molar-refractivity contribution in [2.24, 2.45) is 11.7 Å². The molecule has 2 unspecified atom stereocenters. The topological polar surface area (TPSA) is 46.3 Å². The Labute approximate surface area is 115 Å². The average molecular weight is 270 g/mol. The summed E-state index contributed by atoms with van der Waals surface area (Å²) in [4.78, 5) is 14.4. The molecule has 2 rings (SSSR count). The maximum atomic E-state index is 12.3. The summed E-state index contributed by atoms with van der Waals surface area (Å²) in [5, 5.41) is 0.279. The van der Waals surface area contributed by atoms with E-state index < -0.39 is 0 Å². The summed E-state index contributed by atoms with van der Waals surface area (Å²) in [6, 6.07) is 0. The molecule has 3 nitrogen and oxygen atoms in total. The Bertz CT molecular complexity index is 267. The van der Waals surface area contributed by atoms with Gasteiger partial charge in [-0.25, -0.2) is 0 Å². The Hall–Kier alpha value is -0.220. The predicted octanol–water partition coefficient (Wildman–Crippen LogP) is 2.25. The zero-order chi connectivity index (χ0) is 12.8. The SMILES string of the molecule is NCCCCCC1CCN(C(=O)C2CCCS2)C1. The highest BCUT2D eigenvalue weighted by Gasteiger charge is 2.32. The van der Waals surface area contributed by atoms with E-state index >= 15 is 0 Å². The van der Waals surface area contributed by atoms with Crippen molar-refractivity contribution >= 4 is 17.7 Å². The molecule has 0 aliphatic carbocycles. The molecule has 2 fully saturated rings. The maximum absolute atomic E-state index is 12.3. The number of hydrogen-bond donors (Lipinski definition) is 1. The third-order valence-electron chi connectivity index (χ3n) is 4.12. The molecular formula is C14H26N2OS. The van der Waals surface area contributed by atoms with Gasteiger partial charge >= 0.3 is 0 Å². The highest BCUT2D eigenvalue weighted by atomic mass is 32.2. The molecule has 18 heavy (non-hydrogen) atoms. The van der Waals surface area contributed by atoms with Crippen molar-refractivity contribution in [1.82, 2.24) is 4.90 Å². The summed E-state index contributed by atoms with van der Waals surface area (Å²) in [5.41, 5.74) is 5.50. The molecule has 2 heterocycles. The number of thioether (sulfide) groups is 1. The first-order valence-electron chi connectivity index (χ1n) is 7.41. The third-order valence-corrected chi connectivity index (χ3v) is 5.48. The summed E-state index contributed by atoms with van der Waals surface area (Å²) >= 11 is 1.86. The van der Waals surface area contributed by atoms with Gasteiger partial charge in [-0.1, -0.05) is 12.8 Å². The van der Waals surface area contributed by atoms with Crippen LogP contribution < -0.4 is 5.73 Å². The van der Waals surface area contributed by atoms with Crippen LogP contribution in [-0.2, 0) is 4.79 Å². The van der Waals surface area contributed by atoms with E-state index in [4.69, 9.17) is 5.73 Å². The zero-order valence-corrected chi connectivity index (χ0v) is 12.1. The smallest absolute Gasteiger partial charge is 0.235 e. The van der Waals surface area contributed by atoms with E-state index in [1.807, 2.05) is 11.8 Å². The van der Waals surface area contributed by atoms with Crippen molar-refractivity contribution in [3.63, 3.8) is 0 Å². The van der Waals surface area contributed by atoms with Crippen LogP contribution in [0.5, 0.6) is 0 Å². The molecule has 104 valence electrons. The normalized spacial score (nSPS) is 27.9. The number of rotatable bonds is 6. The second kappa shape index (κ2) is 7.39. The second-order valence-electron chi connectivity index (χ2n) is 5.58. The van der Waals surface area contributed by atoms with Gasteiger partial charge < -0.3 is 10.6 Å². The Kier molecular flexibility index (Phi) is 5.83. The van der Waals surface area contributed by atoms with Crippen molar-refractivity contribution in [3.05, 3.63) is 0 Å². The van der Waals surface area contributed by atoms with Crippen LogP contribution in [0.1, 0.15) is 44.9 Å². The number of unbranched alkanes of at least 4 members (excludes halogenated alkanes) is 2. The minimum absolute atomic E-state index is 0.279. The summed E-state index contributed by atoms with van der Waals surface area (Å²) in [7, 11) is 0. The minimum atomic E-state index is 0.279. The van der Waals surface area contributed by atoms with Gasteiger partial charge in [-0.2, -0.15) is 0 Å². The molecule has 1 amide bonds. The summed E-state index contributed by atoms with van der Waals surface area (Å²) in [6.07, 6.45) is 8.49. The van der Waals surface area contributed by atoms with Crippen LogP contribution in [-0.4, -0.2) is 41.4 Å². The summed E-state index contributed by atoms with van der Waals surface area (Å²) in [6.45, 7) is 2.82. The molecule has 0 aromatic carbocycles. The number of amides is 1. The number of carbonyl (C=O) groups is 1. The van der Waals surface area contributed by atoms with Crippen LogP contribution in [0.25, 0.3) is 0 Å². The van der Waals surface area contributed by atoms with Crippen molar-refractivity contribution in [1.29, 1.82) is 0 Å². The maximum Gasteiger partial charge on any atom is 0.235 e. The van der Waals surface area contributed by atoms with Crippen LogP contribution in [0.2, 0.25) is 0 Å². The summed E-state index contributed by atoms with van der Waals surface area (Å²) < 4.78 is 0. The first-order chi connectivity index (χ1) is 8.81. The molecule has 0 radical (unpaired) electrons. The first-order valence-corrected chi connectivity index (χ1v) is 8.46. The molecule has 2 aliphatic heterocycles. The van der Waals surface area contributed by atoms with E-state index in [2.05, 4.69) is 4.90 Å². The third kappa shape index (κ3) is 3.89. The van der Waals surface area contributed by atoms with E-state index in [0.29, 0.717) is 5.91 Å². The van der Waals surface area contributed by atoms with Gasteiger partial charge in [0.05, 0.1) is 5.25 Å². The molecule has 2 saturated heterocycles. The Morgan fingerprint density at radius 2 is 2.17 bits per heavy atom. The lowest BCUT2D eigenvalue weighted by molar-refractivity contribution is -0.129. The Morgan fingerprint density at radius 3 is 2.89 bits per heavy atom. The van der Waals surface area contributed by atoms with Crippen LogP contribution in [0.3, 0.4) is 0 Å². The standard InChI is InChI=1S/C14H26N2OS/c15-8-3-1-2-5-12-7-9-16(11-12)14(17)13-6-4-10-18-13/h12-13H,1-11,15H2. The quantitative estimate of drug-likeness (QED) is 0.753. The van der Waals surface area contributed by atoms with E-state index in [1.54, 1.807) is 0 Å². The molecule has 0 aromatic heterocycles. The van der Waals surface area contributed by atoms with Gasteiger partial charge in [-0.15, -0.1) is 11.8 Å². The Balaban J connectivity index is 1.66. The number of hydrogen-bond acceptors (Lipinski definition) is 3. The number of nitrogens with two attached hydrogens (primary N) is 1. The number of carbonyl (C=O) groups excluding carboxylic acids is 1. The van der Waals surface area contributed by atoms with Gasteiger partial charge in [-0.05, 0) is 50.3 Å². The number of nitrogens with zero attached hydrogens (tertiary/aromatic N) is 1. The van der Waals surface area contributed by atoms with Gasteiger partial charge in [0.2, 0.25) is 5.91 Å². The highest BCUT2D eigenvalue weighted by molar-refractivity contribution is 8.00. The van der Waals surface area contributed by atoms with Crippen LogP contribution in [0.4, 0.5) is 0 Å². The molecule has 0 bridgehead atoms. The lowest BCUT2D eigenvalue weighted by Crippen LogP contribution is -2.35. The fourth-order valence-electron chi connectivity index (χ4n) is 3.00. The predicted molar refractivity (Wildman–Crippen MR) is 77.7 cm³/mol.